The predicted octanol–water partition coefficient (Wildman–Crippen LogP) is 2.07. The molecule has 3 aromatic rings. The molecule has 0 fully saturated rings. The number of phenols is 2. The summed E-state index contributed by atoms with van der Waals surface area (Å²) >= 11 is 0. The van der Waals surface area contributed by atoms with E-state index in [1.54, 1.807) is 36.4 Å². The van der Waals surface area contributed by atoms with Crippen molar-refractivity contribution in [3.05, 3.63) is 76.9 Å². The monoisotopic (exact) mass is 419 g/mol. The number of benzene rings is 3. The number of hydrazine groups is 1. The molecule has 0 bridgehead atoms. The second-order valence-electron chi connectivity index (χ2n) is 7.16. The van der Waals surface area contributed by atoms with Crippen molar-refractivity contribution in [2.24, 2.45) is 5.84 Å². The lowest BCUT2D eigenvalue weighted by atomic mass is 9.77. The van der Waals surface area contributed by atoms with Crippen molar-refractivity contribution in [3.63, 3.8) is 0 Å². The van der Waals surface area contributed by atoms with Gasteiger partial charge in [0.1, 0.15) is 22.9 Å². The van der Waals surface area contributed by atoms with Gasteiger partial charge in [-0.15, -0.1) is 0 Å². The average molecular weight is 419 g/mol. The number of fused-ring (bicyclic) bond motifs is 6. The molecule has 31 heavy (non-hydrogen) atoms. The van der Waals surface area contributed by atoms with E-state index in [0.717, 1.165) is 0 Å². The van der Waals surface area contributed by atoms with Crippen LogP contribution >= 0.6 is 0 Å². The highest BCUT2D eigenvalue weighted by Gasteiger charge is 2.54. The van der Waals surface area contributed by atoms with Crippen LogP contribution < -0.4 is 21.3 Å². The van der Waals surface area contributed by atoms with E-state index < -0.39 is 17.5 Å². The minimum absolute atomic E-state index is 0.00783. The van der Waals surface area contributed by atoms with Crippen LogP contribution in [0, 0.1) is 0 Å². The molecule has 1 atom stereocenters. The molecular formula is C22H17N3O6. The highest BCUT2D eigenvalue weighted by Crippen LogP contribution is 2.59. The first kappa shape index (κ1) is 18.9. The fourth-order valence-electron chi connectivity index (χ4n) is 4.11. The molecule has 0 aromatic heterocycles. The third-order valence-electron chi connectivity index (χ3n) is 5.37. The highest BCUT2D eigenvalue weighted by atomic mass is 16.6. The van der Waals surface area contributed by atoms with Crippen LogP contribution in [0.2, 0.25) is 0 Å². The van der Waals surface area contributed by atoms with Crippen molar-refractivity contribution in [2.75, 3.05) is 11.9 Å². The number of amides is 1. The molecule has 9 heteroatoms. The van der Waals surface area contributed by atoms with E-state index in [0.29, 0.717) is 22.3 Å². The minimum Gasteiger partial charge on any atom is -0.508 e. The first-order valence-corrected chi connectivity index (χ1v) is 9.39. The smallest absolute Gasteiger partial charge is 0.340 e. The number of aromatic hydroxyl groups is 2. The van der Waals surface area contributed by atoms with E-state index in [9.17, 15) is 19.8 Å². The van der Waals surface area contributed by atoms with E-state index in [1.165, 1.54) is 18.2 Å². The van der Waals surface area contributed by atoms with Gasteiger partial charge in [0.05, 0.1) is 17.7 Å². The molecule has 2 aliphatic heterocycles. The third kappa shape index (κ3) is 2.64. The lowest BCUT2D eigenvalue weighted by Crippen LogP contribution is -2.35. The summed E-state index contributed by atoms with van der Waals surface area (Å²) in [6.07, 6.45) is 0. The molecule has 156 valence electrons. The summed E-state index contributed by atoms with van der Waals surface area (Å²) in [6, 6.07) is 14.4. The second kappa shape index (κ2) is 6.73. The number of nitrogens with one attached hydrogen (secondary N) is 2. The van der Waals surface area contributed by atoms with Crippen LogP contribution in [0.15, 0.2) is 54.6 Å². The standard InChI is InChI=1S/C22H17N3O6/c23-24-10-18(28)25-19-16(27)8-7-15-20(19)30-17-9-11(26)5-6-14(17)22(15)13-4-2-1-3-12(13)21(29)31-22/h1-9,24,26-27H,10,23H2,(H,25,28). The van der Waals surface area contributed by atoms with Crippen LogP contribution in [0.4, 0.5) is 5.69 Å². The summed E-state index contributed by atoms with van der Waals surface area (Å²) in [4.78, 5) is 25.0. The first-order valence-electron chi connectivity index (χ1n) is 9.39. The number of hydrogen-bond donors (Lipinski definition) is 5. The summed E-state index contributed by atoms with van der Waals surface area (Å²) < 4.78 is 12.0. The molecule has 9 nitrogen and oxygen atoms in total. The van der Waals surface area contributed by atoms with Gasteiger partial charge in [0, 0.05) is 17.2 Å². The normalized spacial score (nSPS) is 17.9. The Labute approximate surface area is 176 Å². The van der Waals surface area contributed by atoms with Crippen molar-refractivity contribution in [1.29, 1.82) is 0 Å². The Hall–Kier alpha value is -4.08. The summed E-state index contributed by atoms with van der Waals surface area (Å²) in [5, 5.41) is 23.1. The fourth-order valence-corrected chi connectivity index (χ4v) is 4.11. The number of phenolic OH excluding ortho intramolecular Hbond substituents is 2. The summed E-state index contributed by atoms with van der Waals surface area (Å²) in [5.41, 5.74) is 2.74. The zero-order chi connectivity index (χ0) is 21.8. The van der Waals surface area contributed by atoms with Crippen molar-refractivity contribution < 1.29 is 29.3 Å². The maximum absolute atomic E-state index is 12.8. The van der Waals surface area contributed by atoms with Gasteiger partial charge in [-0.2, -0.15) is 0 Å². The minimum atomic E-state index is -1.39. The molecule has 0 aliphatic carbocycles. The van der Waals surface area contributed by atoms with Gasteiger partial charge in [-0.1, -0.05) is 18.2 Å². The van der Waals surface area contributed by atoms with Gasteiger partial charge in [-0.3, -0.25) is 16.1 Å². The number of rotatable bonds is 3. The van der Waals surface area contributed by atoms with Gasteiger partial charge in [-0.25, -0.2) is 4.79 Å². The first-order chi connectivity index (χ1) is 15.0. The molecule has 3 aromatic carbocycles. The predicted molar refractivity (Wildman–Crippen MR) is 109 cm³/mol. The van der Waals surface area contributed by atoms with Gasteiger partial charge in [0.25, 0.3) is 0 Å². The van der Waals surface area contributed by atoms with Crippen LogP contribution in [0.25, 0.3) is 0 Å². The van der Waals surface area contributed by atoms with Gasteiger partial charge >= 0.3 is 5.97 Å². The molecule has 6 N–H and O–H groups in total. The second-order valence-corrected chi connectivity index (χ2v) is 7.16. The largest absolute Gasteiger partial charge is 0.508 e. The van der Waals surface area contributed by atoms with Crippen molar-refractivity contribution >= 4 is 17.6 Å². The Morgan fingerprint density at radius 2 is 1.81 bits per heavy atom. The van der Waals surface area contributed by atoms with E-state index in [2.05, 4.69) is 10.7 Å². The lowest BCUT2D eigenvalue weighted by molar-refractivity contribution is -0.115. The number of ether oxygens (including phenoxy) is 2. The van der Waals surface area contributed by atoms with Gasteiger partial charge < -0.3 is 25.0 Å². The number of esters is 1. The SMILES string of the molecule is NNCC(=O)Nc1c(O)ccc2c1Oc1cc(O)ccc1C21OC(=O)c2ccccc21. The number of carbonyl (C=O) groups is 2. The van der Waals surface area contributed by atoms with Crippen LogP contribution in [-0.2, 0) is 15.1 Å². The van der Waals surface area contributed by atoms with Crippen LogP contribution in [0.5, 0.6) is 23.0 Å². The quantitative estimate of drug-likeness (QED) is 0.188. The summed E-state index contributed by atoms with van der Waals surface area (Å²) in [7, 11) is 0. The topological polar surface area (TPSA) is 143 Å². The molecule has 0 radical (unpaired) electrons. The number of anilines is 1. The lowest BCUT2D eigenvalue weighted by Gasteiger charge is -2.37. The Morgan fingerprint density at radius 1 is 1.03 bits per heavy atom. The van der Waals surface area contributed by atoms with Crippen LogP contribution in [0.1, 0.15) is 27.0 Å². The average Bonchev–Trinajstić information content (AvgIpc) is 3.04. The highest BCUT2D eigenvalue weighted by molar-refractivity contribution is 5.99. The van der Waals surface area contributed by atoms with Crippen LogP contribution in [-0.4, -0.2) is 28.6 Å². The fraction of sp³-hybridized carbons (Fsp3) is 0.0909. The molecule has 1 spiro atoms. The molecule has 0 saturated carbocycles. The Kier molecular flexibility index (Phi) is 4.10. The molecule has 5 rings (SSSR count). The Balaban J connectivity index is 1.81. The van der Waals surface area contributed by atoms with Crippen molar-refractivity contribution in [2.45, 2.75) is 5.60 Å². The van der Waals surface area contributed by atoms with E-state index >= 15 is 0 Å². The maximum Gasteiger partial charge on any atom is 0.340 e. The van der Waals surface area contributed by atoms with Gasteiger partial charge in [0.15, 0.2) is 11.4 Å². The summed E-state index contributed by atoms with van der Waals surface area (Å²) in [6.45, 7) is -0.205. The van der Waals surface area contributed by atoms with Gasteiger partial charge in [-0.05, 0) is 30.3 Å². The molecule has 1 unspecified atom stereocenters. The molecule has 2 heterocycles. The number of carbonyl (C=O) groups excluding carboxylic acids is 2. The number of hydrogen-bond acceptors (Lipinski definition) is 8. The Morgan fingerprint density at radius 3 is 2.61 bits per heavy atom. The van der Waals surface area contributed by atoms with E-state index in [-0.39, 0.29) is 35.2 Å². The number of nitrogens with two attached hydrogens (primary N) is 1. The van der Waals surface area contributed by atoms with Gasteiger partial charge in [0.2, 0.25) is 5.91 Å². The molecule has 1 amide bonds. The zero-order valence-corrected chi connectivity index (χ0v) is 16.0. The molecule has 0 saturated heterocycles. The molecular weight excluding hydrogens is 402 g/mol. The maximum atomic E-state index is 12.8. The third-order valence-corrected chi connectivity index (χ3v) is 5.37. The van der Waals surface area contributed by atoms with E-state index in [4.69, 9.17) is 15.3 Å². The van der Waals surface area contributed by atoms with Crippen LogP contribution in [0.3, 0.4) is 0 Å². The van der Waals surface area contributed by atoms with Crippen molar-refractivity contribution in [1.82, 2.24) is 5.43 Å². The Bertz CT molecular complexity index is 1260. The zero-order valence-electron chi connectivity index (χ0n) is 16.0. The summed E-state index contributed by atoms with van der Waals surface area (Å²) in [5.74, 6) is 4.17. The van der Waals surface area contributed by atoms with Crippen molar-refractivity contribution in [3.8, 4) is 23.0 Å². The van der Waals surface area contributed by atoms with E-state index in [1.807, 2.05) is 0 Å². The molecule has 2 aliphatic rings.